The third-order valence-electron chi connectivity index (χ3n) is 2.68. The molecule has 0 unspecified atom stereocenters. The second kappa shape index (κ2) is 14.0. The number of allylic oxidation sites excluding steroid dienone is 4. The van der Waals surface area contributed by atoms with E-state index in [1.54, 1.807) is 11.1 Å². The van der Waals surface area contributed by atoms with Crippen LogP contribution in [0.15, 0.2) is 17.2 Å². The quantitative estimate of drug-likeness (QED) is 0.513. The fourth-order valence-corrected chi connectivity index (χ4v) is 1.77. The summed E-state index contributed by atoms with van der Waals surface area (Å²) in [4.78, 5) is 0. The molecule has 0 aliphatic heterocycles. The van der Waals surface area contributed by atoms with E-state index in [0.717, 1.165) is 6.42 Å². The molecular formula is C13H21Cl2Zr. The Labute approximate surface area is 132 Å². The number of rotatable bonds is 6. The van der Waals surface area contributed by atoms with Crippen LogP contribution in [0, 0.1) is 6.08 Å². The predicted molar refractivity (Wildman–Crippen MR) is 58.5 cm³/mol. The first-order valence-corrected chi connectivity index (χ1v) is 5.66. The van der Waals surface area contributed by atoms with E-state index in [9.17, 15) is 0 Å². The zero-order chi connectivity index (χ0) is 9.52. The van der Waals surface area contributed by atoms with Crippen molar-refractivity contribution >= 4 is 0 Å². The van der Waals surface area contributed by atoms with E-state index in [-0.39, 0.29) is 51.0 Å². The smallest absolute Gasteiger partial charge is 1.00 e. The number of hydrogen-bond acceptors (Lipinski definition) is 0. The Balaban J connectivity index is -0.000000563. The van der Waals surface area contributed by atoms with E-state index < -0.39 is 0 Å². The molecule has 1 radical (unpaired) electrons. The second-order valence-corrected chi connectivity index (χ2v) is 3.86. The number of halogens is 2. The zero-order valence-corrected chi connectivity index (χ0v) is 14.3. The van der Waals surface area contributed by atoms with Crippen molar-refractivity contribution in [2.45, 2.75) is 58.8 Å². The third kappa shape index (κ3) is 8.10. The molecule has 0 amide bonds. The average molecular weight is 339 g/mol. The average Bonchev–Trinajstić information content (AvgIpc) is 2.59. The summed E-state index contributed by atoms with van der Waals surface area (Å²) in [6, 6.07) is 0. The van der Waals surface area contributed by atoms with Gasteiger partial charge in [-0.25, -0.2) is 6.08 Å². The zero-order valence-electron chi connectivity index (χ0n) is 10.3. The van der Waals surface area contributed by atoms with Crippen LogP contribution in [0.1, 0.15) is 58.8 Å². The van der Waals surface area contributed by atoms with Gasteiger partial charge in [0, 0.05) is 0 Å². The summed E-state index contributed by atoms with van der Waals surface area (Å²) in [5.41, 5.74) is 3.26. The maximum absolute atomic E-state index is 3.34. The molecule has 0 fully saturated rings. The summed E-state index contributed by atoms with van der Waals surface area (Å²) in [7, 11) is 0. The van der Waals surface area contributed by atoms with Crippen molar-refractivity contribution in [2.75, 3.05) is 0 Å². The minimum atomic E-state index is 0. The molecule has 0 saturated carbocycles. The molecule has 0 N–H and O–H groups in total. The molecule has 0 spiro atoms. The van der Waals surface area contributed by atoms with Gasteiger partial charge in [-0.05, 0) is 6.42 Å². The van der Waals surface area contributed by atoms with Gasteiger partial charge in [-0.15, -0.1) is 6.42 Å². The van der Waals surface area contributed by atoms with Gasteiger partial charge in [0.15, 0.2) is 0 Å². The summed E-state index contributed by atoms with van der Waals surface area (Å²) in [6.07, 6.45) is 14.6. The summed E-state index contributed by atoms with van der Waals surface area (Å²) in [6.45, 7) is 4.52. The Morgan fingerprint density at radius 3 is 2.19 bits per heavy atom. The van der Waals surface area contributed by atoms with Gasteiger partial charge in [0.1, 0.15) is 0 Å². The van der Waals surface area contributed by atoms with E-state index in [1.165, 1.54) is 38.5 Å². The van der Waals surface area contributed by atoms with Crippen molar-refractivity contribution in [3.05, 3.63) is 23.3 Å². The van der Waals surface area contributed by atoms with Gasteiger partial charge in [-0.1, -0.05) is 46.0 Å². The van der Waals surface area contributed by atoms with Crippen molar-refractivity contribution in [2.24, 2.45) is 0 Å². The fourth-order valence-electron chi connectivity index (χ4n) is 1.77. The molecular weight excluding hydrogens is 318 g/mol. The van der Waals surface area contributed by atoms with Crippen molar-refractivity contribution in [1.82, 2.24) is 0 Å². The van der Waals surface area contributed by atoms with Crippen molar-refractivity contribution in [3.8, 4) is 0 Å². The topological polar surface area (TPSA) is 0 Å². The normalized spacial score (nSPS) is 12.9. The standard InChI is InChI=1S/C13H21.2ClH.Zr/c1-3-5-8-12-10-7-11-13(12)9-6-4-2;;;/h10H,3-6,8-9,11H2,1-2H3;2*1H;/q-1;;;+3/p-2. The summed E-state index contributed by atoms with van der Waals surface area (Å²) in [5.74, 6) is 0. The molecule has 1 aliphatic rings. The molecule has 0 heterocycles. The minimum Gasteiger partial charge on any atom is -1.00 e. The van der Waals surface area contributed by atoms with Crippen LogP contribution in [0.5, 0.6) is 0 Å². The first-order chi connectivity index (χ1) is 6.38. The molecule has 0 nitrogen and oxygen atoms in total. The van der Waals surface area contributed by atoms with Crippen LogP contribution in [0.25, 0.3) is 0 Å². The fraction of sp³-hybridized carbons (Fsp3) is 0.692. The molecule has 0 aromatic carbocycles. The largest absolute Gasteiger partial charge is 3.00 e. The van der Waals surface area contributed by atoms with Gasteiger partial charge in [-0.3, -0.25) is 6.08 Å². The van der Waals surface area contributed by atoms with Crippen LogP contribution < -0.4 is 24.8 Å². The minimum absolute atomic E-state index is 0. The Morgan fingerprint density at radius 1 is 1.06 bits per heavy atom. The van der Waals surface area contributed by atoms with Crippen LogP contribution in [0.2, 0.25) is 0 Å². The first kappa shape index (κ1) is 22.2. The Bertz CT molecular complexity index is 210. The second-order valence-electron chi connectivity index (χ2n) is 3.86. The molecule has 0 aromatic heterocycles. The first-order valence-electron chi connectivity index (χ1n) is 5.66. The summed E-state index contributed by atoms with van der Waals surface area (Å²) < 4.78 is 0. The molecule has 0 atom stereocenters. The molecule has 1 aliphatic carbocycles. The van der Waals surface area contributed by atoms with E-state index in [1.807, 2.05) is 0 Å². The van der Waals surface area contributed by atoms with Crippen LogP contribution in [0.3, 0.4) is 0 Å². The van der Waals surface area contributed by atoms with Gasteiger partial charge in [0.25, 0.3) is 0 Å². The Morgan fingerprint density at radius 2 is 1.62 bits per heavy atom. The maximum atomic E-state index is 3.34. The Hall–Kier alpha value is 0.943. The molecule has 0 bridgehead atoms. The van der Waals surface area contributed by atoms with Gasteiger partial charge >= 0.3 is 26.2 Å². The van der Waals surface area contributed by atoms with E-state index >= 15 is 0 Å². The van der Waals surface area contributed by atoms with Crippen LogP contribution in [0.4, 0.5) is 0 Å². The third-order valence-corrected chi connectivity index (χ3v) is 2.68. The van der Waals surface area contributed by atoms with Gasteiger partial charge in [0.2, 0.25) is 0 Å². The van der Waals surface area contributed by atoms with Crippen LogP contribution in [-0.2, 0) is 26.2 Å². The predicted octanol–water partition coefficient (Wildman–Crippen LogP) is -1.57. The van der Waals surface area contributed by atoms with E-state index in [4.69, 9.17) is 0 Å². The SMILES string of the molecule is CCCCC1=C(CCCC)C[C-]=C1.[Cl-].[Cl-].[Zr+3]. The maximum Gasteiger partial charge on any atom is 3.00 e. The van der Waals surface area contributed by atoms with Crippen LogP contribution >= 0.6 is 0 Å². The monoisotopic (exact) mass is 337 g/mol. The van der Waals surface area contributed by atoms with E-state index in [0.29, 0.717) is 0 Å². The Kier molecular flexibility index (Phi) is 19.4. The molecule has 1 rings (SSSR count). The molecule has 0 saturated heterocycles. The molecule has 3 heteroatoms. The molecule has 0 aromatic rings. The summed E-state index contributed by atoms with van der Waals surface area (Å²) in [5, 5.41) is 0. The number of unbranched alkanes of at least 4 members (excludes halogenated alkanes) is 2. The van der Waals surface area contributed by atoms with E-state index in [2.05, 4.69) is 26.0 Å². The van der Waals surface area contributed by atoms with Gasteiger partial charge in [0.05, 0.1) is 0 Å². The molecule has 91 valence electrons. The molecule has 16 heavy (non-hydrogen) atoms. The van der Waals surface area contributed by atoms with Crippen molar-refractivity contribution < 1.29 is 51.0 Å². The van der Waals surface area contributed by atoms with Crippen molar-refractivity contribution in [3.63, 3.8) is 0 Å². The van der Waals surface area contributed by atoms with Gasteiger partial charge in [-0.2, -0.15) is 11.1 Å². The number of hydrogen-bond donors (Lipinski definition) is 0. The summed E-state index contributed by atoms with van der Waals surface area (Å²) >= 11 is 0. The van der Waals surface area contributed by atoms with Crippen molar-refractivity contribution in [1.29, 1.82) is 0 Å². The van der Waals surface area contributed by atoms with Crippen LogP contribution in [-0.4, -0.2) is 0 Å². The van der Waals surface area contributed by atoms with Gasteiger partial charge < -0.3 is 24.8 Å².